The van der Waals surface area contributed by atoms with E-state index < -0.39 is 5.97 Å². The fraction of sp³-hybridized carbons (Fsp3) is 0.160. The molecule has 0 fully saturated rings. The molecule has 0 saturated carbocycles. The lowest BCUT2D eigenvalue weighted by Gasteiger charge is -2.11. The zero-order chi connectivity index (χ0) is 23.1. The number of benzene rings is 3. The van der Waals surface area contributed by atoms with Crippen LogP contribution in [0.5, 0.6) is 11.5 Å². The molecular formula is C25H23NO6. The number of aromatic carboxylic acids is 1. The van der Waals surface area contributed by atoms with Crippen LogP contribution in [0.2, 0.25) is 0 Å². The van der Waals surface area contributed by atoms with E-state index in [4.69, 9.17) is 19.3 Å². The second-order valence-electron chi connectivity index (χ2n) is 6.95. The van der Waals surface area contributed by atoms with Crippen LogP contribution in [0.25, 0.3) is 0 Å². The molecule has 3 aromatic carbocycles. The molecule has 0 atom stereocenters. The van der Waals surface area contributed by atoms with E-state index >= 15 is 0 Å². The summed E-state index contributed by atoms with van der Waals surface area (Å²) in [7, 11) is 2.90. The number of methoxy groups -OCH3 is 2. The Morgan fingerprint density at radius 2 is 1.66 bits per heavy atom. The fourth-order valence-corrected chi connectivity index (χ4v) is 2.98. The van der Waals surface area contributed by atoms with E-state index in [1.165, 1.54) is 19.2 Å². The van der Waals surface area contributed by atoms with Crippen LogP contribution in [0, 0.1) is 6.92 Å². The third kappa shape index (κ3) is 5.51. The van der Waals surface area contributed by atoms with Gasteiger partial charge in [-0.15, -0.1) is 0 Å². The molecule has 0 aliphatic rings. The summed E-state index contributed by atoms with van der Waals surface area (Å²) in [5.41, 5.74) is 3.95. The minimum absolute atomic E-state index is 0.227. The van der Waals surface area contributed by atoms with E-state index in [0.29, 0.717) is 17.1 Å². The quantitative estimate of drug-likeness (QED) is 0.404. The van der Waals surface area contributed by atoms with Gasteiger partial charge in [-0.1, -0.05) is 12.1 Å². The van der Waals surface area contributed by atoms with Crippen LogP contribution >= 0.6 is 0 Å². The minimum atomic E-state index is -0.967. The molecular weight excluding hydrogens is 410 g/mol. The molecule has 0 unspecified atom stereocenters. The number of nitrogens with zero attached hydrogens (tertiary/aromatic N) is 1. The number of carbonyl (C=O) groups is 2. The number of carboxylic acids is 1. The lowest BCUT2D eigenvalue weighted by Crippen LogP contribution is -2.01. The van der Waals surface area contributed by atoms with Crippen molar-refractivity contribution in [2.75, 3.05) is 14.2 Å². The van der Waals surface area contributed by atoms with Crippen LogP contribution in [-0.4, -0.2) is 37.5 Å². The van der Waals surface area contributed by atoms with Crippen molar-refractivity contribution in [1.82, 2.24) is 0 Å². The summed E-state index contributed by atoms with van der Waals surface area (Å²) in [5, 5.41) is 8.98. The van der Waals surface area contributed by atoms with Crippen LogP contribution in [0.1, 0.15) is 37.4 Å². The Bertz CT molecular complexity index is 1150. The van der Waals surface area contributed by atoms with Gasteiger partial charge in [0.15, 0.2) is 11.5 Å². The van der Waals surface area contributed by atoms with Gasteiger partial charge in [0.1, 0.15) is 6.61 Å². The summed E-state index contributed by atoms with van der Waals surface area (Å²) in [6, 6.07) is 17.1. The van der Waals surface area contributed by atoms with E-state index in [-0.39, 0.29) is 18.1 Å². The van der Waals surface area contributed by atoms with Gasteiger partial charge in [-0.2, -0.15) is 0 Å². The highest BCUT2D eigenvalue weighted by atomic mass is 16.5. The van der Waals surface area contributed by atoms with Gasteiger partial charge in [0.05, 0.1) is 31.0 Å². The van der Waals surface area contributed by atoms with Crippen molar-refractivity contribution >= 4 is 23.8 Å². The topological polar surface area (TPSA) is 94.4 Å². The molecule has 7 heteroatoms. The summed E-state index contributed by atoms with van der Waals surface area (Å²) in [5.74, 6) is -0.243. The standard InChI is InChI=1S/C25H23NO6/c1-16-12-20(25(29)31-3)9-10-21(16)26-14-18-6-11-22(23(13-18)30-2)32-15-17-4-7-19(8-5-17)24(27)28/h4-14H,15H2,1-3H3,(H,27,28). The maximum absolute atomic E-state index is 11.6. The van der Waals surface area contributed by atoms with Gasteiger partial charge < -0.3 is 19.3 Å². The molecule has 0 spiro atoms. The number of carbonyl (C=O) groups excluding carboxylic acids is 1. The number of hydrogen-bond donors (Lipinski definition) is 1. The van der Waals surface area contributed by atoms with Crippen LogP contribution in [0.15, 0.2) is 65.7 Å². The third-order valence-electron chi connectivity index (χ3n) is 4.75. The van der Waals surface area contributed by atoms with E-state index in [0.717, 1.165) is 22.4 Å². The van der Waals surface area contributed by atoms with Crippen molar-refractivity contribution < 1.29 is 28.9 Å². The van der Waals surface area contributed by atoms with Gasteiger partial charge >= 0.3 is 11.9 Å². The second kappa shape index (κ2) is 10.3. The number of aryl methyl sites for hydroxylation is 1. The Morgan fingerprint density at radius 1 is 0.938 bits per heavy atom. The zero-order valence-corrected chi connectivity index (χ0v) is 18.0. The van der Waals surface area contributed by atoms with Gasteiger partial charge in [0, 0.05) is 6.21 Å². The first-order chi connectivity index (χ1) is 15.4. The van der Waals surface area contributed by atoms with E-state index in [1.807, 2.05) is 19.1 Å². The van der Waals surface area contributed by atoms with Crippen molar-refractivity contribution in [3.8, 4) is 11.5 Å². The predicted molar refractivity (Wildman–Crippen MR) is 120 cm³/mol. The number of aliphatic imine (C=N–C) groups is 1. The van der Waals surface area contributed by atoms with Crippen molar-refractivity contribution in [3.63, 3.8) is 0 Å². The van der Waals surface area contributed by atoms with E-state index in [9.17, 15) is 9.59 Å². The molecule has 0 radical (unpaired) electrons. The molecule has 3 rings (SSSR count). The lowest BCUT2D eigenvalue weighted by atomic mass is 10.1. The minimum Gasteiger partial charge on any atom is -0.493 e. The van der Waals surface area contributed by atoms with Crippen molar-refractivity contribution in [1.29, 1.82) is 0 Å². The average Bonchev–Trinajstić information content (AvgIpc) is 2.81. The molecule has 3 aromatic rings. The third-order valence-corrected chi connectivity index (χ3v) is 4.75. The fourth-order valence-electron chi connectivity index (χ4n) is 2.98. The summed E-state index contributed by atoms with van der Waals surface area (Å²) in [6.45, 7) is 2.15. The summed E-state index contributed by atoms with van der Waals surface area (Å²) < 4.78 is 16.0. The first-order valence-corrected chi connectivity index (χ1v) is 9.77. The second-order valence-corrected chi connectivity index (χ2v) is 6.95. The normalized spacial score (nSPS) is 10.7. The molecule has 32 heavy (non-hydrogen) atoms. The first-order valence-electron chi connectivity index (χ1n) is 9.77. The molecule has 7 nitrogen and oxygen atoms in total. The van der Waals surface area contributed by atoms with Crippen LogP contribution in [0.3, 0.4) is 0 Å². The number of hydrogen-bond acceptors (Lipinski definition) is 6. The molecule has 0 aliphatic carbocycles. The average molecular weight is 433 g/mol. The zero-order valence-electron chi connectivity index (χ0n) is 18.0. The van der Waals surface area contributed by atoms with Crippen molar-refractivity contribution in [2.24, 2.45) is 4.99 Å². The van der Waals surface area contributed by atoms with Gasteiger partial charge in [0.25, 0.3) is 0 Å². The molecule has 0 saturated heterocycles. The van der Waals surface area contributed by atoms with Crippen LogP contribution < -0.4 is 9.47 Å². The highest BCUT2D eigenvalue weighted by Gasteiger charge is 2.09. The Labute approximate surface area is 185 Å². The molecule has 0 bridgehead atoms. The summed E-state index contributed by atoms with van der Waals surface area (Å²) in [6.07, 6.45) is 1.71. The summed E-state index contributed by atoms with van der Waals surface area (Å²) in [4.78, 5) is 27.1. The largest absolute Gasteiger partial charge is 0.493 e. The Balaban J connectivity index is 1.71. The smallest absolute Gasteiger partial charge is 0.337 e. The van der Waals surface area contributed by atoms with Crippen molar-refractivity contribution in [2.45, 2.75) is 13.5 Å². The van der Waals surface area contributed by atoms with Gasteiger partial charge in [-0.05, 0) is 72.1 Å². The van der Waals surface area contributed by atoms with Gasteiger partial charge in [-0.3, -0.25) is 4.99 Å². The Morgan fingerprint density at radius 3 is 2.28 bits per heavy atom. The molecule has 1 N–H and O–H groups in total. The number of carboxylic acid groups (broad SMARTS) is 1. The highest BCUT2D eigenvalue weighted by Crippen LogP contribution is 2.29. The summed E-state index contributed by atoms with van der Waals surface area (Å²) >= 11 is 0. The molecule has 164 valence electrons. The van der Waals surface area contributed by atoms with Gasteiger partial charge in [0.2, 0.25) is 0 Å². The molecule has 0 heterocycles. The molecule has 0 aliphatic heterocycles. The van der Waals surface area contributed by atoms with E-state index in [2.05, 4.69) is 4.99 Å². The van der Waals surface area contributed by atoms with Gasteiger partial charge in [-0.25, -0.2) is 9.59 Å². The SMILES string of the molecule is COC(=O)c1ccc(N=Cc2ccc(OCc3ccc(C(=O)O)cc3)c(OC)c2)c(C)c1. The molecule has 0 aromatic heterocycles. The first kappa shape index (κ1) is 22.6. The maximum atomic E-state index is 11.6. The van der Waals surface area contributed by atoms with Crippen LogP contribution in [0.4, 0.5) is 5.69 Å². The highest BCUT2D eigenvalue weighted by molar-refractivity contribution is 5.90. The maximum Gasteiger partial charge on any atom is 0.337 e. The number of ether oxygens (including phenoxy) is 3. The van der Waals surface area contributed by atoms with E-state index in [1.54, 1.807) is 49.7 Å². The molecule has 0 amide bonds. The predicted octanol–water partition coefficient (Wildman–Crippen LogP) is 4.82. The lowest BCUT2D eigenvalue weighted by molar-refractivity contribution is 0.0599. The monoisotopic (exact) mass is 433 g/mol. The number of esters is 1. The Kier molecular flexibility index (Phi) is 7.23. The van der Waals surface area contributed by atoms with Crippen LogP contribution in [-0.2, 0) is 11.3 Å². The number of rotatable bonds is 8. The van der Waals surface area contributed by atoms with Crippen molar-refractivity contribution in [3.05, 3.63) is 88.5 Å². The Hall–Kier alpha value is -4.13.